The zero-order valence-corrected chi connectivity index (χ0v) is 22.1. The summed E-state index contributed by atoms with van der Waals surface area (Å²) in [6.45, 7) is 11.8. The van der Waals surface area contributed by atoms with E-state index < -0.39 is 0 Å². The van der Waals surface area contributed by atoms with Crippen molar-refractivity contribution in [3.8, 4) is 0 Å². The molecule has 36 heavy (non-hydrogen) atoms. The Kier molecular flexibility index (Phi) is 9.67. The van der Waals surface area contributed by atoms with Crippen LogP contribution in [0.2, 0.25) is 0 Å². The minimum atomic E-state index is -0.384. The highest BCUT2D eigenvalue weighted by Gasteiger charge is 2.28. The molecule has 2 aromatic rings. The summed E-state index contributed by atoms with van der Waals surface area (Å²) in [4.78, 5) is 34.0. The standard InChI is InChI=1S/C28H38N2O6/c1-17-7-19(3)25(11-23-13-29-15-33-23)35-28(32)22(6)10-18(2)8-20(4)26(12-24-14-30-16-34-24)36-27(31)21(5)9-17/h9-10,13-20,25-26H,7-8,11-12H2,1-6H3. The molecule has 0 amide bonds. The summed E-state index contributed by atoms with van der Waals surface area (Å²) in [7, 11) is 0. The van der Waals surface area contributed by atoms with E-state index in [1.165, 1.54) is 12.8 Å². The minimum absolute atomic E-state index is 0.0199. The second kappa shape index (κ2) is 12.7. The minimum Gasteiger partial charge on any atom is -0.458 e. The number of allylic oxidation sites excluding steroid dienone is 2. The summed E-state index contributed by atoms with van der Waals surface area (Å²) in [5.41, 5.74) is 1.12. The second-order valence-electron chi connectivity index (χ2n) is 10.3. The van der Waals surface area contributed by atoms with Gasteiger partial charge in [0.25, 0.3) is 0 Å². The number of esters is 2. The Bertz CT molecular complexity index is 956. The molecule has 0 saturated carbocycles. The number of hydrogen-bond donors (Lipinski definition) is 0. The Morgan fingerprint density at radius 2 is 1.11 bits per heavy atom. The zero-order valence-electron chi connectivity index (χ0n) is 22.1. The Hall–Kier alpha value is -3.16. The summed E-state index contributed by atoms with van der Waals surface area (Å²) in [6, 6.07) is 0. The Balaban J connectivity index is 1.87. The van der Waals surface area contributed by atoms with Crippen molar-refractivity contribution in [1.29, 1.82) is 0 Å². The van der Waals surface area contributed by atoms with Crippen LogP contribution < -0.4 is 0 Å². The van der Waals surface area contributed by atoms with Gasteiger partial charge in [-0.1, -0.05) is 39.8 Å². The number of carbonyl (C=O) groups excluding carboxylic acids is 2. The number of aromatic nitrogens is 2. The number of cyclic esters (lactones) is 2. The zero-order chi connectivity index (χ0) is 26.2. The van der Waals surface area contributed by atoms with Crippen molar-refractivity contribution >= 4 is 11.9 Å². The van der Waals surface area contributed by atoms with Crippen molar-refractivity contribution in [2.24, 2.45) is 23.7 Å². The van der Waals surface area contributed by atoms with Crippen molar-refractivity contribution in [2.45, 2.75) is 79.4 Å². The van der Waals surface area contributed by atoms with E-state index in [1.807, 2.05) is 39.8 Å². The van der Waals surface area contributed by atoms with E-state index in [9.17, 15) is 9.59 Å². The summed E-state index contributed by atoms with van der Waals surface area (Å²) in [6.07, 6.45) is 11.4. The van der Waals surface area contributed by atoms with Gasteiger partial charge in [-0.25, -0.2) is 19.6 Å². The number of hydrogen-bond acceptors (Lipinski definition) is 8. The predicted octanol–water partition coefficient (Wildman–Crippen LogP) is 5.50. The molecule has 3 rings (SSSR count). The number of carbonyl (C=O) groups is 2. The third-order valence-electron chi connectivity index (χ3n) is 6.76. The summed E-state index contributed by atoms with van der Waals surface area (Å²) >= 11 is 0. The van der Waals surface area contributed by atoms with Crippen molar-refractivity contribution in [3.05, 3.63) is 60.0 Å². The fourth-order valence-electron chi connectivity index (χ4n) is 4.86. The van der Waals surface area contributed by atoms with Gasteiger partial charge in [0.1, 0.15) is 23.7 Å². The van der Waals surface area contributed by atoms with E-state index in [0.717, 1.165) is 0 Å². The molecule has 8 heteroatoms. The molecule has 1 aliphatic rings. The molecule has 2 aromatic heterocycles. The van der Waals surface area contributed by atoms with Gasteiger partial charge in [0.05, 0.1) is 12.4 Å². The van der Waals surface area contributed by atoms with Crippen LogP contribution in [0.25, 0.3) is 0 Å². The number of oxazole rings is 2. The topological polar surface area (TPSA) is 105 Å². The summed E-state index contributed by atoms with van der Waals surface area (Å²) in [5.74, 6) is 0.843. The molecule has 6 atom stereocenters. The average Bonchev–Trinajstić information content (AvgIpc) is 3.51. The second-order valence-corrected chi connectivity index (χ2v) is 10.3. The number of rotatable bonds is 4. The maximum atomic E-state index is 13.0. The molecular formula is C28H38N2O6. The summed E-state index contributed by atoms with van der Waals surface area (Å²) in [5, 5.41) is 0. The van der Waals surface area contributed by atoms with Crippen LogP contribution in [0, 0.1) is 23.7 Å². The highest BCUT2D eigenvalue weighted by Crippen LogP contribution is 2.27. The van der Waals surface area contributed by atoms with Crippen LogP contribution in [0.5, 0.6) is 0 Å². The van der Waals surface area contributed by atoms with Gasteiger partial charge in [-0.15, -0.1) is 0 Å². The van der Waals surface area contributed by atoms with Crippen LogP contribution in [0.15, 0.2) is 57.3 Å². The van der Waals surface area contributed by atoms with Crippen molar-refractivity contribution < 1.29 is 27.9 Å². The number of ether oxygens (including phenoxy) is 2. The molecule has 0 saturated heterocycles. The van der Waals surface area contributed by atoms with E-state index in [4.69, 9.17) is 18.3 Å². The van der Waals surface area contributed by atoms with Crippen LogP contribution in [0.3, 0.4) is 0 Å². The summed E-state index contributed by atoms with van der Waals surface area (Å²) < 4.78 is 22.8. The van der Waals surface area contributed by atoms with Gasteiger partial charge in [-0.3, -0.25) is 0 Å². The fourth-order valence-corrected chi connectivity index (χ4v) is 4.86. The highest BCUT2D eigenvalue weighted by molar-refractivity contribution is 5.88. The molecule has 1 aliphatic heterocycles. The Labute approximate surface area is 213 Å². The number of nitrogens with zero attached hydrogens (tertiary/aromatic N) is 2. The molecule has 6 unspecified atom stereocenters. The van der Waals surface area contributed by atoms with Crippen LogP contribution in [0.4, 0.5) is 0 Å². The van der Waals surface area contributed by atoms with E-state index in [0.29, 0.717) is 48.3 Å². The van der Waals surface area contributed by atoms with Gasteiger partial charge >= 0.3 is 11.9 Å². The van der Waals surface area contributed by atoms with Gasteiger partial charge in [-0.05, 0) is 50.4 Å². The van der Waals surface area contributed by atoms with E-state index in [1.54, 1.807) is 26.2 Å². The molecule has 0 aromatic carbocycles. The molecule has 0 aliphatic carbocycles. The molecule has 0 radical (unpaired) electrons. The molecule has 0 spiro atoms. The van der Waals surface area contributed by atoms with Crippen molar-refractivity contribution in [3.63, 3.8) is 0 Å². The van der Waals surface area contributed by atoms with Crippen LogP contribution in [-0.2, 0) is 31.9 Å². The first-order valence-corrected chi connectivity index (χ1v) is 12.7. The van der Waals surface area contributed by atoms with Crippen LogP contribution >= 0.6 is 0 Å². The van der Waals surface area contributed by atoms with E-state index in [-0.39, 0.29) is 47.8 Å². The smallest absolute Gasteiger partial charge is 0.333 e. The molecule has 0 N–H and O–H groups in total. The SMILES string of the molecule is CC1=CC(C)CC(C)C(Cc2cnco2)OC(=O)C(C)=CC(C)CC(C)C(Cc2cnco2)OC1=O. The monoisotopic (exact) mass is 498 g/mol. The van der Waals surface area contributed by atoms with Gasteiger partial charge < -0.3 is 18.3 Å². The molecular weight excluding hydrogens is 460 g/mol. The maximum Gasteiger partial charge on any atom is 0.333 e. The highest BCUT2D eigenvalue weighted by atomic mass is 16.5. The lowest BCUT2D eigenvalue weighted by Crippen LogP contribution is -2.30. The van der Waals surface area contributed by atoms with E-state index >= 15 is 0 Å². The van der Waals surface area contributed by atoms with Crippen LogP contribution in [-0.4, -0.2) is 34.1 Å². The lowest BCUT2D eigenvalue weighted by molar-refractivity contribution is -0.147. The van der Waals surface area contributed by atoms with Crippen LogP contribution in [0.1, 0.15) is 65.9 Å². The Morgan fingerprint density at radius 1 is 0.722 bits per heavy atom. The van der Waals surface area contributed by atoms with Gasteiger partial charge in [0, 0.05) is 24.0 Å². The van der Waals surface area contributed by atoms with E-state index in [2.05, 4.69) is 9.97 Å². The van der Waals surface area contributed by atoms with Gasteiger partial charge in [0.15, 0.2) is 12.8 Å². The molecule has 0 bridgehead atoms. The molecule has 196 valence electrons. The third-order valence-corrected chi connectivity index (χ3v) is 6.76. The molecule has 3 heterocycles. The third kappa shape index (κ3) is 7.93. The fraction of sp³-hybridized carbons (Fsp3) is 0.571. The first-order chi connectivity index (χ1) is 17.1. The predicted molar refractivity (Wildman–Crippen MR) is 134 cm³/mol. The van der Waals surface area contributed by atoms with Crippen molar-refractivity contribution in [2.75, 3.05) is 0 Å². The first-order valence-electron chi connectivity index (χ1n) is 12.7. The molecule has 8 nitrogen and oxygen atoms in total. The normalized spacial score (nSPS) is 29.2. The van der Waals surface area contributed by atoms with Crippen molar-refractivity contribution in [1.82, 2.24) is 9.97 Å². The molecule has 0 fully saturated rings. The maximum absolute atomic E-state index is 13.0. The van der Waals surface area contributed by atoms with Gasteiger partial charge in [0.2, 0.25) is 0 Å². The lowest BCUT2D eigenvalue weighted by atomic mass is 9.88. The quantitative estimate of drug-likeness (QED) is 0.509. The first kappa shape index (κ1) is 27.4. The van der Waals surface area contributed by atoms with Gasteiger partial charge in [-0.2, -0.15) is 0 Å². The average molecular weight is 499 g/mol. The largest absolute Gasteiger partial charge is 0.458 e. The Morgan fingerprint density at radius 3 is 1.44 bits per heavy atom. The lowest BCUT2D eigenvalue weighted by Gasteiger charge is -2.27.